The molecule has 2 aliphatic heterocycles. The van der Waals surface area contributed by atoms with E-state index in [9.17, 15) is 4.79 Å². The summed E-state index contributed by atoms with van der Waals surface area (Å²) in [7, 11) is 0. The van der Waals surface area contributed by atoms with Crippen LogP contribution in [0.1, 0.15) is 27.7 Å². The van der Waals surface area contributed by atoms with E-state index < -0.39 is 0 Å². The molecule has 1 amide bonds. The van der Waals surface area contributed by atoms with Crippen LogP contribution < -0.4 is 15.1 Å². The van der Waals surface area contributed by atoms with Gasteiger partial charge in [0, 0.05) is 45.0 Å². The molecule has 1 atom stereocenters. The molecule has 3 aromatic rings. The highest BCUT2D eigenvalue weighted by molar-refractivity contribution is 6.02. The molecule has 0 radical (unpaired) electrons. The number of rotatable bonds is 5. The van der Waals surface area contributed by atoms with E-state index in [1.165, 1.54) is 5.69 Å². The van der Waals surface area contributed by atoms with Crippen LogP contribution >= 0.6 is 0 Å². The van der Waals surface area contributed by atoms with Gasteiger partial charge in [-0.05, 0) is 36.2 Å². The molecule has 0 aliphatic carbocycles. The smallest absolute Gasteiger partial charge is 0.255 e. The van der Waals surface area contributed by atoms with Gasteiger partial charge in [0.2, 0.25) is 0 Å². The first kappa shape index (κ1) is 20.6. The number of piperazine rings is 1. The minimum atomic E-state index is -0.150. The van der Waals surface area contributed by atoms with Crippen molar-refractivity contribution in [3.8, 4) is 0 Å². The van der Waals surface area contributed by atoms with Gasteiger partial charge in [-0.3, -0.25) is 9.69 Å². The summed E-state index contributed by atoms with van der Waals surface area (Å²) in [6.45, 7) is 8.11. The molecular formula is C27H30N4O. The van der Waals surface area contributed by atoms with Gasteiger partial charge in [0.05, 0.1) is 11.3 Å². The van der Waals surface area contributed by atoms with Gasteiger partial charge in [0.25, 0.3) is 5.91 Å². The maximum atomic E-state index is 12.9. The number of carbonyl (C=O) groups excluding carboxylic acids is 1. The van der Waals surface area contributed by atoms with Crippen molar-refractivity contribution in [2.24, 2.45) is 0 Å². The lowest BCUT2D eigenvalue weighted by Crippen LogP contribution is -2.52. The third kappa shape index (κ3) is 4.08. The van der Waals surface area contributed by atoms with E-state index in [4.69, 9.17) is 0 Å². The Hall–Kier alpha value is -3.31. The zero-order valence-corrected chi connectivity index (χ0v) is 18.6. The number of fused-ring (bicyclic) bond motifs is 1. The molecule has 5 heteroatoms. The lowest BCUT2D eigenvalue weighted by atomic mass is 10.00. The summed E-state index contributed by atoms with van der Waals surface area (Å²) in [5.41, 5.74) is 5.40. The number of aryl methyl sites for hydroxylation is 1. The Morgan fingerprint density at radius 2 is 1.50 bits per heavy atom. The Kier molecular flexibility index (Phi) is 5.82. The zero-order chi connectivity index (χ0) is 21.9. The third-order valence-electron chi connectivity index (χ3n) is 6.62. The first-order valence-corrected chi connectivity index (χ1v) is 11.4. The van der Waals surface area contributed by atoms with Crippen LogP contribution in [-0.4, -0.2) is 50.1 Å². The number of benzene rings is 3. The Labute approximate surface area is 190 Å². The van der Waals surface area contributed by atoms with Gasteiger partial charge in [-0.2, -0.15) is 0 Å². The summed E-state index contributed by atoms with van der Waals surface area (Å²) < 4.78 is 0. The molecule has 0 spiro atoms. The van der Waals surface area contributed by atoms with Crippen LogP contribution in [0.25, 0.3) is 0 Å². The van der Waals surface area contributed by atoms with E-state index in [1.54, 1.807) is 0 Å². The lowest BCUT2D eigenvalue weighted by Gasteiger charge is -2.42. The van der Waals surface area contributed by atoms with Crippen LogP contribution in [0.3, 0.4) is 0 Å². The van der Waals surface area contributed by atoms with E-state index in [1.807, 2.05) is 30.3 Å². The number of para-hydroxylation sites is 2. The first-order chi connectivity index (χ1) is 15.7. The molecule has 3 aromatic carbocycles. The second-order valence-corrected chi connectivity index (χ2v) is 8.62. The van der Waals surface area contributed by atoms with E-state index >= 15 is 0 Å². The van der Waals surface area contributed by atoms with Crippen molar-refractivity contribution in [3.63, 3.8) is 0 Å². The molecule has 0 aromatic heterocycles. The quantitative estimate of drug-likeness (QED) is 0.668. The Bertz CT molecular complexity index is 1060. The molecule has 5 nitrogen and oxygen atoms in total. The molecule has 5 rings (SSSR count). The number of amides is 1. The molecule has 1 N–H and O–H groups in total. The normalized spacial score (nSPS) is 18.9. The molecule has 1 unspecified atom stereocenters. The molecule has 32 heavy (non-hydrogen) atoms. The minimum absolute atomic E-state index is 0.00489. The maximum absolute atomic E-state index is 12.9. The van der Waals surface area contributed by atoms with Crippen molar-refractivity contribution in [1.29, 1.82) is 0 Å². The number of anilines is 2. The predicted octanol–water partition coefficient (Wildman–Crippen LogP) is 4.07. The second kappa shape index (κ2) is 9.05. The topological polar surface area (TPSA) is 38.8 Å². The van der Waals surface area contributed by atoms with Gasteiger partial charge in [-0.1, -0.05) is 60.7 Å². The molecule has 0 bridgehead atoms. The van der Waals surface area contributed by atoms with Gasteiger partial charge in [0.15, 0.2) is 0 Å². The second-order valence-electron chi connectivity index (χ2n) is 8.62. The highest BCUT2D eigenvalue weighted by Gasteiger charge is 2.33. The van der Waals surface area contributed by atoms with Crippen molar-refractivity contribution < 1.29 is 4.79 Å². The molecule has 2 heterocycles. The molecule has 1 fully saturated rings. The van der Waals surface area contributed by atoms with Crippen LogP contribution in [-0.2, 0) is 0 Å². The van der Waals surface area contributed by atoms with E-state index in [-0.39, 0.29) is 12.1 Å². The fourth-order valence-electron chi connectivity index (χ4n) is 4.89. The number of nitrogens with zero attached hydrogens (tertiary/aromatic N) is 3. The van der Waals surface area contributed by atoms with Crippen molar-refractivity contribution >= 4 is 17.3 Å². The summed E-state index contributed by atoms with van der Waals surface area (Å²) in [4.78, 5) is 20.3. The lowest BCUT2D eigenvalue weighted by molar-refractivity contribution is 0.0925. The first-order valence-electron chi connectivity index (χ1n) is 11.4. The highest BCUT2D eigenvalue weighted by atomic mass is 16.2. The minimum Gasteiger partial charge on any atom is -0.369 e. The fraction of sp³-hybridized carbons (Fsp3) is 0.296. The van der Waals surface area contributed by atoms with E-state index in [0.717, 1.165) is 61.6 Å². The highest BCUT2D eigenvalue weighted by Crippen LogP contribution is 2.35. The number of hydrogen-bond acceptors (Lipinski definition) is 4. The van der Waals surface area contributed by atoms with Crippen LogP contribution in [0, 0.1) is 6.92 Å². The zero-order valence-electron chi connectivity index (χ0n) is 18.6. The fourth-order valence-corrected chi connectivity index (χ4v) is 4.89. The van der Waals surface area contributed by atoms with Gasteiger partial charge >= 0.3 is 0 Å². The van der Waals surface area contributed by atoms with Gasteiger partial charge < -0.3 is 15.1 Å². The Balaban J connectivity index is 1.33. The van der Waals surface area contributed by atoms with E-state index in [0.29, 0.717) is 0 Å². The van der Waals surface area contributed by atoms with Gasteiger partial charge in [-0.15, -0.1) is 0 Å². The number of hydrogen-bond donors (Lipinski definition) is 1. The number of carbonyl (C=O) groups is 1. The summed E-state index contributed by atoms with van der Waals surface area (Å²) in [5.74, 6) is 0.00489. The van der Waals surface area contributed by atoms with Crippen molar-refractivity contribution in [3.05, 3.63) is 95.6 Å². The van der Waals surface area contributed by atoms with Crippen LogP contribution in [0.2, 0.25) is 0 Å². The van der Waals surface area contributed by atoms with Crippen molar-refractivity contribution in [1.82, 2.24) is 10.2 Å². The summed E-state index contributed by atoms with van der Waals surface area (Å²) in [6.07, 6.45) is -0.150. The average Bonchev–Trinajstić information content (AvgIpc) is 2.85. The largest absolute Gasteiger partial charge is 0.369 e. The monoisotopic (exact) mass is 426 g/mol. The average molecular weight is 427 g/mol. The van der Waals surface area contributed by atoms with Crippen LogP contribution in [0.15, 0.2) is 78.9 Å². The summed E-state index contributed by atoms with van der Waals surface area (Å²) in [5, 5.41) is 3.24. The SMILES string of the molecule is Cc1cccc2c1N(CCN1CCN(c3ccccc3)CC1)C(c1ccccc1)NC2=O. The molecule has 164 valence electrons. The standard InChI is InChI=1S/C27H30N4O/c1-21-9-8-14-24-25(21)31(26(28-27(24)32)22-10-4-2-5-11-22)20-17-29-15-18-30(19-16-29)23-12-6-3-7-13-23/h2-14,26H,15-20H2,1H3,(H,28,32). The Morgan fingerprint density at radius 3 is 2.22 bits per heavy atom. The number of nitrogens with one attached hydrogen (secondary N) is 1. The predicted molar refractivity (Wildman–Crippen MR) is 130 cm³/mol. The molecule has 2 aliphatic rings. The van der Waals surface area contributed by atoms with Gasteiger partial charge in [-0.25, -0.2) is 0 Å². The van der Waals surface area contributed by atoms with Gasteiger partial charge in [0.1, 0.15) is 6.17 Å². The maximum Gasteiger partial charge on any atom is 0.255 e. The summed E-state index contributed by atoms with van der Waals surface area (Å²) >= 11 is 0. The Morgan fingerprint density at radius 1 is 0.812 bits per heavy atom. The molecular weight excluding hydrogens is 396 g/mol. The van der Waals surface area contributed by atoms with Crippen molar-refractivity contribution in [2.75, 3.05) is 49.1 Å². The van der Waals surface area contributed by atoms with Crippen LogP contribution in [0.4, 0.5) is 11.4 Å². The van der Waals surface area contributed by atoms with Crippen LogP contribution in [0.5, 0.6) is 0 Å². The molecule has 0 saturated carbocycles. The third-order valence-corrected chi connectivity index (χ3v) is 6.62. The molecule has 1 saturated heterocycles. The summed E-state index contributed by atoms with van der Waals surface area (Å²) in [6, 6.07) is 27.0. The van der Waals surface area contributed by atoms with Crippen molar-refractivity contribution in [2.45, 2.75) is 13.1 Å². The van der Waals surface area contributed by atoms with E-state index in [2.05, 4.69) is 75.5 Å².